The predicted molar refractivity (Wildman–Crippen MR) is 72.8 cm³/mol. The van der Waals surface area contributed by atoms with Crippen LogP contribution in [0.4, 0.5) is 11.4 Å². The van der Waals surface area contributed by atoms with Crippen LogP contribution in [0.5, 0.6) is 5.75 Å². The summed E-state index contributed by atoms with van der Waals surface area (Å²) in [5, 5.41) is 12.2. The molecule has 1 aliphatic rings. The maximum atomic E-state index is 11.2. The van der Waals surface area contributed by atoms with E-state index in [0.29, 0.717) is 23.0 Å². The van der Waals surface area contributed by atoms with Gasteiger partial charge in [-0.25, -0.2) is 0 Å². The van der Waals surface area contributed by atoms with Gasteiger partial charge in [-0.1, -0.05) is 16.1 Å². The fourth-order valence-corrected chi connectivity index (χ4v) is 2.36. The molecule has 19 heavy (non-hydrogen) atoms. The number of halogens is 1. The highest BCUT2D eigenvalue weighted by molar-refractivity contribution is 7.03. The topological polar surface area (TPSA) is 76.1 Å². The molecule has 0 atom stereocenters. The van der Waals surface area contributed by atoms with E-state index in [4.69, 9.17) is 16.3 Å². The Balaban J connectivity index is 1.80. The van der Waals surface area contributed by atoms with Crippen molar-refractivity contribution in [3.63, 3.8) is 0 Å². The molecule has 2 aromatic rings. The molecular formula is C11H9ClN4O2S. The molecule has 0 bridgehead atoms. The van der Waals surface area contributed by atoms with E-state index in [0.717, 1.165) is 11.4 Å². The van der Waals surface area contributed by atoms with Crippen LogP contribution in [-0.4, -0.2) is 22.1 Å². The number of fused-ring (bicyclic) bond motifs is 1. The molecule has 0 spiro atoms. The van der Waals surface area contributed by atoms with Crippen molar-refractivity contribution in [1.29, 1.82) is 0 Å². The molecule has 0 unspecified atom stereocenters. The number of aromatic nitrogens is 2. The van der Waals surface area contributed by atoms with Crippen LogP contribution in [0.25, 0.3) is 0 Å². The van der Waals surface area contributed by atoms with Gasteiger partial charge in [-0.15, -0.1) is 5.10 Å². The molecule has 98 valence electrons. The molecule has 1 aromatic heterocycles. The molecule has 8 heteroatoms. The standard InChI is InChI=1S/C11H9ClN4O2S/c12-7-1-9-10(18-4-11(17)14-9)2-8(7)13-3-6-5-19-16-15-6/h1-2,5,13H,3-4H2,(H,14,17). The Labute approximate surface area is 117 Å². The monoisotopic (exact) mass is 296 g/mol. The van der Waals surface area contributed by atoms with E-state index in [9.17, 15) is 4.79 Å². The second-order valence-corrected chi connectivity index (χ2v) is 4.93. The van der Waals surface area contributed by atoms with Gasteiger partial charge in [0.1, 0.15) is 5.75 Å². The largest absolute Gasteiger partial charge is 0.482 e. The van der Waals surface area contributed by atoms with Gasteiger partial charge in [0.15, 0.2) is 6.61 Å². The molecular weight excluding hydrogens is 288 g/mol. The van der Waals surface area contributed by atoms with Crippen molar-refractivity contribution in [1.82, 2.24) is 9.59 Å². The lowest BCUT2D eigenvalue weighted by Crippen LogP contribution is -2.25. The van der Waals surface area contributed by atoms with Crippen LogP contribution in [0.15, 0.2) is 17.5 Å². The van der Waals surface area contributed by atoms with Crippen molar-refractivity contribution in [2.45, 2.75) is 6.54 Å². The van der Waals surface area contributed by atoms with Crippen LogP contribution in [0, 0.1) is 0 Å². The highest BCUT2D eigenvalue weighted by Gasteiger charge is 2.18. The molecule has 0 fully saturated rings. The second-order valence-electron chi connectivity index (χ2n) is 3.91. The van der Waals surface area contributed by atoms with Crippen molar-refractivity contribution in [3.05, 3.63) is 28.2 Å². The molecule has 0 saturated carbocycles. The zero-order valence-electron chi connectivity index (χ0n) is 9.64. The van der Waals surface area contributed by atoms with Crippen LogP contribution in [-0.2, 0) is 11.3 Å². The highest BCUT2D eigenvalue weighted by Crippen LogP contribution is 2.36. The molecule has 0 saturated heterocycles. The lowest BCUT2D eigenvalue weighted by Gasteiger charge is -2.19. The maximum Gasteiger partial charge on any atom is 0.262 e. The highest BCUT2D eigenvalue weighted by atomic mass is 35.5. The number of benzene rings is 1. The number of hydrogen-bond donors (Lipinski definition) is 2. The number of anilines is 2. The van der Waals surface area contributed by atoms with E-state index >= 15 is 0 Å². The van der Waals surface area contributed by atoms with Gasteiger partial charge in [-0.3, -0.25) is 4.79 Å². The van der Waals surface area contributed by atoms with Crippen LogP contribution in [0.1, 0.15) is 5.69 Å². The molecule has 0 aliphatic carbocycles. The summed E-state index contributed by atoms with van der Waals surface area (Å²) in [5.41, 5.74) is 2.15. The molecule has 3 rings (SSSR count). The maximum absolute atomic E-state index is 11.2. The number of hydrogen-bond acceptors (Lipinski definition) is 6. The lowest BCUT2D eigenvalue weighted by molar-refractivity contribution is -0.118. The Morgan fingerprint density at radius 2 is 2.42 bits per heavy atom. The number of ether oxygens (including phenoxy) is 1. The summed E-state index contributed by atoms with van der Waals surface area (Å²) in [7, 11) is 0. The Morgan fingerprint density at radius 3 is 3.21 bits per heavy atom. The summed E-state index contributed by atoms with van der Waals surface area (Å²) >= 11 is 7.44. The summed E-state index contributed by atoms with van der Waals surface area (Å²) in [6.07, 6.45) is 0. The third kappa shape index (κ3) is 2.61. The normalized spacial score (nSPS) is 13.4. The molecule has 0 radical (unpaired) electrons. The number of rotatable bonds is 3. The van der Waals surface area contributed by atoms with Gasteiger partial charge in [0, 0.05) is 11.4 Å². The molecule has 1 amide bonds. The zero-order valence-corrected chi connectivity index (χ0v) is 11.2. The SMILES string of the molecule is O=C1COc2cc(NCc3csnn3)c(Cl)cc2N1. The first-order chi connectivity index (χ1) is 9.22. The number of carbonyl (C=O) groups excluding carboxylic acids is 1. The second kappa shape index (κ2) is 5.02. The van der Waals surface area contributed by atoms with Crippen molar-refractivity contribution in [2.75, 3.05) is 17.2 Å². The van der Waals surface area contributed by atoms with Crippen LogP contribution in [0.3, 0.4) is 0 Å². The third-order valence-corrected chi connectivity index (χ3v) is 3.43. The molecule has 1 aromatic carbocycles. The number of carbonyl (C=O) groups is 1. The van der Waals surface area contributed by atoms with E-state index in [1.165, 1.54) is 11.5 Å². The molecule has 6 nitrogen and oxygen atoms in total. The summed E-state index contributed by atoms with van der Waals surface area (Å²) in [6, 6.07) is 3.42. The Morgan fingerprint density at radius 1 is 1.53 bits per heavy atom. The van der Waals surface area contributed by atoms with Gasteiger partial charge in [0.2, 0.25) is 0 Å². The van der Waals surface area contributed by atoms with E-state index in [-0.39, 0.29) is 12.5 Å². The molecule has 2 heterocycles. The number of nitrogens with one attached hydrogen (secondary N) is 2. The summed E-state index contributed by atoms with van der Waals surface area (Å²) in [6.45, 7) is 0.547. The Kier molecular flexibility index (Phi) is 3.22. The summed E-state index contributed by atoms with van der Waals surface area (Å²) in [5.74, 6) is 0.417. The van der Waals surface area contributed by atoms with Crippen molar-refractivity contribution >= 4 is 40.4 Å². The summed E-state index contributed by atoms with van der Waals surface area (Å²) in [4.78, 5) is 11.2. The first-order valence-corrected chi connectivity index (χ1v) is 6.70. The van der Waals surface area contributed by atoms with E-state index in [1.807, 2.05) is 5.38 Å². The van der Waals surface area contributed by atoms with Gasteiger partial charge >= 0.3 is 0 Å². The fourth-order valence-electron chi connectivity index (χ4n) is 1.68. The van der Waals surface area contributed by atoms with Crippen molar-refractivity contribution < 1.29 is 9.53 Å². The summed E-state index contributed by atoms with van der Waals surface area (Å²) < 4.78 is 9.11. The minimum absolute atomic E-state index is 0.0179. The quantitative estimate of drug-likeness (QED) is 0.907. The Hall–Kier alpha value is -1.86. The average Bonchev–Trinajstić information content (AvgIpc) is 2.89. The average molecular weight is 297 g/mol. The molecule has 2 N–H and O–H groups in total. The van der Waals surface area contributed by atoms with Gasteiger partial charge in [0.25, 0.3) is 5.91 Å². The van der Waals surface area contributed by atoms with Crippen molar-refractivity contribution in [3.8, 4) is 5.75 Å². The lowest BCUT2D eigenvalue weighted by atomic mass is 10.2. The van der Waals surface area contributed by atoms with Crippen LogP contribution < -0.4 is 15.4 Å². The van der Waals surface area contributed by atoms with Gasteiger partial charge in [-0.05, 0) is 17.6 Å². The number of amides is 1. The van der Waals surface area contributed by atoms with Crippen LogP contribution in [0.2, 0.25) is 5.02 Å². The van der Waals surface area contributed by atoms with E-state index in [1.54, 1.807) is 12.1 Å². The van der Waals surface area contributed by atoms with Crippen LogP contribution >= 0.6 is 23.1 Å². The molecule has 1 aliphatic heterocycles. The van der Waals surface area contributed by atoms with E-state index in [2.05, 4.69) is 20.2 Å². The van der Waals surface area contributed by atoms with Gasteiger partial charge in [-0.2, -0.15) is 0 Å². The first-order valence-electron chi connectivity index (χ1n) is 5.48. The minimum atomic E-state index is -0.183. The smallest absolute Gasteiger partial charge is 0.262 e. The third-order valence-electron chi connectivity index (χ3n) is 2.57. The fraction of sp³-hybridized carbons (Fsp3) is 0.182. The first kappa shape index (κ1) is 12.2. The zero-order chi connectivity index (χ0) is 13.2. The minimum Gasteiger partial charge on any atom is -0.482 e. The predicted octanol–water partition coefficient (Wildman–Crippen LogP) is 2.13. The van der Waals surface area contributed by atoms with Gasteiger partial charge < -0.3 is 15.4 Å². The van der Waals surface area contributed by atoms with Gasteiger partial charge in [0.05, 0.1) is 28.6 Å². The Bertz CT molecular complexity index is 617. The van der Waals surface area contributed by atoms with E-state index < -0.39 is 0 Å². The van der Waals surface area contributed by atoms with Crippen molar-refractivity contribution in [2.24, 2.45) is 0 Å². The number of nitrogens with zero attached hydrogens (tertiary/aromatic N) is 2.